The van der Waals surface area contributed by atoms with Crippen molar-refractivity contribution in [2.45, 2.75) is 37.6 Å². The van der Waals surface area contributed by atoms with Gasteiger partial charge in [0, 0.05) is 31.6 Å². The minimum atomic E-state index is 0.506. The summed E-state index contributed by atoms with van der Waals surface area (Å²) < 4.78 is 0. The van der Waals surface area contributed by atoms with Crippen molar-refractivity contribution in [1.29, 1.82) is 0 Å². The molecule has 0 aromatic heterocycles. The number of piperazine rings is 1. The van der Waals surface area contributed by atoms with Crippen molar-refractivity contribution in [3.05, 3.63) is 71.8 Å². The number of hydrogen-bond donors (Lipinski definition) is 0. The van der Waals surface area contributed by atoms with Crippen molar-refractivity contribution in [2.24, 2.45) is 0 Å². The standard InChI is InChI=1S/C23H30N2/c1-3-9-20(10-4-1)23(21-11-5-2-6-12-21)14-16-24-17-18-25-15-8-7-13-22(25)19-24/h1-6,9-12,22-23H,7-8,13-19H2. The molecule has 1 unspecified atom stereocenters. The molecule has 0 radical (unpaired) electrons. The van der Waals surface area contributed by atoms with Gasteiger partial charge in [0.2, 0.25) is 0 Å². The molecule has 2 saturated heterocycles. The lowest BCUT2D eigenvalue weighted by Gasteiger charge is -2.44. The second-order valence-corrected chi connectivity index (χ2v) is 7.65. The van der Waals surface area contributed by atoms with Gasteiger partial charge in [-0.1, -0.05) is 67.1 Å². The minimum Gasteiger partial charge on any atom is -0.300 e. The third-order valence-corrected chi connectivity index (χ3v) is 6.06. The monoisotopic (exact) mass is 334 g/mol. The Morgan fingerprint density at radius 3 is 2.16 bits per heavy atom. The first kappa shape index (κ1) is 16.8. The highest BCUT2D eigenvalue weighted by atomic mass is 15.3. The van der Waals surface area contributed by atoms with Crippen molar-refractivity contribution in [1.82, 2.24) is 9.80 Å². The molecule has 2 aliphatic heterocycles. The lowest BCUT2D eigenvalue weighted by molar-refractivity contribution is 0.0484. The summed E-state index contributed by atoms with van der Waals surface area (Å²) in [7, 11) is 0. The summed E-state index contributed by atoms with van der Waals surface area (Å²) in [6, 6.07) is 22.9. The third-order valence-electron chi connectivity index (χ3n) is 6.06. The van der Waals surface area contributed by atoms with Crippen LogP contribution in [-0.2, 0) is 0 Å². The number of fused-ring (bicyclic) bond motifs is 1. The highest BCUT2D eigenvalue weighted by molar-refractivity contribution is 5.32. The molecule has 0 aliphatic carbocycles. The molecule has 4 rings (SSSR count). The van der Waals surface area contributed by atoms with Gasteiger partial charge in [0.05, 0.1) is 0 Å². The molecule has 0 N–H and O–H groups in total. The van der Waals surface area contributed by atoms with Crippen LogP contribution in [0.2, 0.25) is 0 Å². The molecule has 0 bridgehead atoms. The fraction of sp³-hybridized carbons (Fsp3) is 0.478. The van der Waals surface area contributed by atoms with Crippen molar-refractivity contribution in [2.75, 3.05) is 32.7 Å². The van der Waals surface area contributed by atoms with Gasteiger partial charge in [-0.3, -0.25) is 4.90 Å². The molecule has 1 atom stereocenters. The Hall–Kier alpha value is -1.64. The molecule has 132 valence electrons. The lowest BCUT2D eigenvalue weighted by atomic mass is 9.88. The zero-order valence-corrected chi connectivity index (χ0v) is 15.2. The SMILES string of the molecule is c1ccc(C(CCN2CCN3CCCCC3C2)c2ccccc2)cc1. The lowest BCUT2D eigenvalue weighted by Crippen LogP contribution is -2.54. The van der Waals surface area contributed by atoms with Gasteiger partial charge in [0.1, 0.15) is 0 Å². The second kappa shape index (κ2) is 8.16. The van der Waals surface area contributed by atoms with E-state index in [2.05, 4.69) is 70.5 Å². The van der Waals surface area contributed by atoms with Crippen LogP contribution in [0.5, 0.6) is 0 Å². The summed E-state index contributed by atoms with van der Waals surface area (Å²) in [4.78, 5) is 5.44. The summed E-state index contributed by atoms with van der Waals surface area (Å²) in [5.74, 6) is 0.506. The minimum absolute atomic E-state index is 0.506. The first-order valence-corrected chi connectivity index (χ1v) is 9.96. The Labute approximate surface area is 152 Å². The first-order chi connectivity index (χ1) is 12.4. The molecule has 2 aromatic rings. The summed E-state index contributed by atoms with van der Waals surface area (Å²) in [5.41, 5.74) is 2.90. The van der Waals surface area contributed by atoms with E-state index >= 15 is 0 Å². The van der Waals surface area contributed by atoms with Gasteiger partial charge in [-0.15, -0.1) is 0 Å². The van der Waals surface area contributed by atoms with Crippen LogP contribution in [-0.4, -0.2) is 48.6 Å². The van der Waals surface area contributed by atoms with Crippen molar-refractivity contribution in [3.8, 4) is 0 Å². The summed E-state index contributed by atoms with van der Waals surface area (Å²) in [5, 5.41) is 0. The highest BCUT2D eigenvalue weighted by Gasteiger charge is 2.29. The fourth-order valence-corrected chi connectivity index (χ4v) is 4.63. The van der Waals surface area contributed by atoms with Crippen LogP contribution < -0.4 is 0 Å². The largest absolute Gasteiger partial charge is 0.300 e. The predicted octanol–water partition coefficient (Wildman–Crippen LogP) is 4.38. The maximum atomic E-state index is 2.73. The van der Waals surface area contributed by atoms with E-state index in [1.165, 1.54) is 69.5 Å². The van der Waals surface area contributed by atoms with Crippen molar-refractivity contribution >= 4 is 0 Å². The van der Waals surface area contributed by atoms with Gasteiger partial charge in [-0.2, -0.15) is 0 Å². The molecule has 0 amide bonds. The fourth-order valence-electron chi connectivity index (χ4n) is 4.63. The van der Waals surface area contributed by atoms with Gasteiger partial charge in [0.15, 0.2) is 0 Å². The summed E-state index contributed by atoms with van der Waals surface area (Å²) in [6.45, 7) is 6.32. The quantitative estimate of drug-likeness (QED) is 0.801. The molecule has 2 fully saturated rings. The van der Waals surface area contributed by atoms with E-state index in [1.807, 2.05) is 0 Å². The maximum absolute atomic E-state index is 2.73. The van der Waals surface area contributed by atoms with Crippen LogP contribution in [0.25, 0.3) is 0 Å². The van der Waals surface area contributed by atoms with Gasteiger partial charge in [-0.25, -0.2) is 0 Å². The van der Waals surface area contributed by atoms with Crippen LogP contribution in [0.1, 0.15) is 42.7 Å². The van der Waals surface area contributed by atoms with E-state index in [0.717, 1.165) is 6.04 Å². The zero-order valence-electron chi connectivity index (χ0n) is 15.2. The average Bonchev–Trinajstić information content (AvgIpc) is 2.70. The molecule has 25 heavy (non-hydrogen) atoms. The average molecular weight is 335 g/mol. The number of rotatable bonds is 5. The van der Waals surface area contributed by atoms with E-state index in [9.17, 15) is 0 Å². The molecule has 2 nitrogen and oxygen atoms in total. The zero-order chi connectivity index (χ0) is 16.9. The van der Waals surface area contributed by atoms with Crippen molar-refractivity contribution in [3.63, 3.8) is 0 Å². The molecule has 2 aliphatic rings. The Morgan fingerprint density at radius 1 is 0.800 bits per heavy atom. The Balaban J connectivity index is 1.43. The van der Waals surface area contributed by atoms with Gasteiger partial charge >= 0.3 is 0 Å². The number of nitrogens with zero attached hydrogens (tertiary/aromatic N) is 2. The molecule has 2 aromatic carbocycles. The van der Waals surface area contributed by atoms with Crippen LogP contribution in [0, 0.1) is 0 Å². The van der Waals surface area contributed by atoms with E-state index in [0.29, 0.717) is 5.92 Å². The smallest absolute Gasteiger partial charge is 0.0223 e. The molecular formula is C23H30N2. The molecule has 0 spiro atoms. The van der Waals surface area contributed by atoms with E-state index in [1.54, 1.807) is 0 Å². The predicted molar refractivity (Wildman–Crippen MR) is 105 cm³/mol. The number of piperidine rings is 1. The number of hydrogen-bond acceptors (Lipinski definition) is 2. The second-order valence-electron chi connectivity index (χ2n) is 7.65. The number of benzene rings is 2. The van der Waals surface area contributed by atoms with Crippen molar-refractivity contribution < 1.29 is 0 Å². The Kier molecular flexibility index (Phi) is 5.49. The molecular weight excluding hydrogens is 304 g/mol. The van der Waals surface area contributed by atoms with Crippen LogP contribution in [0.3, 0.4) is 0 Å². The third kappa shape index (κ3) is 4.13. The highest BCUT2D eigenvalue weighted by Crippen LogP contribution is 2.29. The van der Waals surface area contributed by atoms with Crippen LogP contribution >= 0.6 is 0 Å². The molecule has 2 heteroatoms. The summed E-state index contributed by atoms with van der Waals surface area (Å²) in [6.07, 6.45) is 5.43. The maximum Gasteiger partial charge on any atom is 0.0223 e. The molecule has 2 heterocycles. The van der Waals surface area contributed by atoms with Crippen LogP contribution in [0.15, 0.2) is 60.7 Å². The van der Waals surface area contributed by atoms with E-state index < -0.39 is 0 Å². The Morgan fingerprint density at radius 2 is 1.48 bits per heavy atom. The van der Waals surface area contributed by atoms with Gasteiger partial charge in [0.25, 0.3) is 0 Å². The first-order valence-electron chi connectivity index (χ1n) is 9.96. The Bertz CT molecular complexity index is 600. The van der Waals surface area contributed by atoms with E-state index in [-0.39, 0.29) is 0 Å². The van der Waals surface area contributed by atoms with Crippen LogP contribution in [0.4, 0.5) is 0 Å². The van der Waals surface area contributed by atoms with E-state index in [4.69, 9.17) is 0 Å². The topological polar surface area (TPSA) is 6.48 Å². The normalized spacial score (nSPS) is 22.0. The summed E-state index contributed by atoms with van der Waals surface area (Å²) >= 11 is 0. The molecule has 0 saturated carbocycles. The van der Waals surface area contributed by atoms with Gasteiger partial charge in [-0.05, 0) is 43.5 Å². The van der Waals surface area contributed by atoms with Gasteiger partial charge < -0.3 is 4.90 Å².